The van der Waals surface area contributed by atoms with Crippen LogP contribution in [0.3, 0.4) is 0 Å². The van der Waals surface area contributed by atoms with E-state index in [0.717, 1.165) is 12.8 Å². The van der Waals surface area contributed by atoms with E-state index in [1.807, 2.05) is 0 Å². The number of rotatable bonds is 4. The minimum Gasteiger partial charge on any atom is -0.486 e. The molecule has 1 aromatic rings. The van der Waals surface area contributed by atoms with E-state index >= 15 is 0 Å². The van der Waals surface area contributed by atoms with Gasteiger partial charge in [0.05, 0.1) is 16.7 Å². The van der Waals surface area contributed by atoms with Gasteiger partial charge in [-0.2, -0.15) is 0 Å². The summed E-state index contributed by atoms with van der Waals surface area (Å²) < 4.78 is 10.9. The molecule has 134 valence electrons. The van der Waals surface area contributed by atoms with Gasteiger partial charge in [-0.3, -0.25) is 4.79 Å². The molecule has 1 aliphatic carbocycles. The van der Waals surface area contributed by atoms with Crippen molar-refractivity contribution in [3.63, 3.8) is 0 Å². The molecule has 1 atom stereocenters. The molecule has 1 aromatic carbocycles. The molecule has 0 saturated heterocycles. The largest absolute Gasteiger partial charge is 0.486 e. The molecule has 1 amide bonds. The van der Waals surface area contributed by atoms with E-state index in [1.165, 1.54) is 0 Å². The number of fused-ring (bicyclic) bond motifs is 1. The van der Waals surface area contributed by atoms with Crippen molar-refractivity contribution in [2.45, 2.75) is 37.3 Å². The number of aliphatic hydroxyl groups excluding tert-OH is 1. The fraction of sp³-hybridized carbons (Fsp3) is 0.562. The molecule has 0 radical (unpaired) electrons. The molecule has 1 saturated carbocycles. The maximum absolute atomic E-state index is 12.2. The maximum Gasteiger partial charge on any atom is 0.240 e. The molecule has 0 bridgehead atoms. The quantitative estimate of drug-likeness (QED) is 0.746. The van der Waals surface area contributed by atoms with Crippen LogP contribution in [0.25, 0.3) is 0 Å². The number of hydrogen-bond acceptors (Lipinski definition) is 5. The third-order valence-corrected chi connectivity index (χ3v) is 4.69. The van der Waals surface area contributed by atoms with Gasteiger partial charge in [0.2, 0.25) is 5.91 Å². The predicted molar refractivity (Wildman–Crippen MR) is 93.0 cm³/mol. The first-order chi connectivity index (χ1) is 11.0. The fourth-order valence-corrected chi connectivity index (χ4v) is 3.31. The van der Waals surface area contributed by atoms with E-state index in [2.05, 4.69) is 5.32 Å². The molecule has 8 heteroatoms. The van der Waals surface area contributed by atoms with Gasteiger partial charge in [0.1, 0.15) is 13.2 Å². The third kappa shape index (κ3) is 3.88. The topological polar surface area (TPSA) is 93.8 Å². The Morgan fingerprint density at radius 1 is 1.33 bits per heavy atom. The van der Waals surface area contributed by atoms with Crippen molar-refractivity contribution in [2.24, 2.45) is 5.73 Å². The van der Waals surface area contributed by atoms with E-state index in [-0.39, 0.29) is 24.9 Å². The second-order valence-electron chi connectivity index (χ2n) is 6.12. The maximum atomic E-state index is 12.2. The second-order valence-corrected chi connectivity index (χ2v) is 6.52. The van der Waals surface area contributed by atoms with Crippen LogP contribution in [0.1, 0.15) is 37.4 Å². The van der Waals surface area contributed by atoms with Gasteiger partial charge in [-0.1, -0.05) is 24.4 Å². The number of aliphatic hydroxyl groups is 1. The van der Waals surface area contributed by atoms with Crippen LogP contribution in [0, 0.1) is 0 Å². The zero-order valence-corrected chi connectivity index (χ0v) is 14.8. The van der Waals surface area contributed by atoms with Crippen molar-refractivity contribution >= 4 is 29.9 Å². The molecule has 3 rings (SSSR count). The summed E-state index contributed by atoms with van der Waals surface area (Å²) in [5.74, 6) is 0.790. The first kappa shape index (κ1) is 19.1. The molecular formula is C16H22Cl2N2O4. The van der Waals surface area contributed by atoms with E-state index in [9.17, 15) is 9.90 Å². The first-order valence-electron chi connectivity index (χ1n) is 7.84. The lowest BCUT2D eigenvalue weighted by Gasteiger charge is -2.24. The number of ether oxygens (including phenoxy) is 2. The highest BCUT2D eigenvalue weighted by molar-refractivity contribution is 6.32. The van der Waals surface area contributed by atoms with E-state index < -0.39 is 11.6 Å². The lowest BCUT2D eigenvalue weighted by Crippen LogP contribution is -2.52. The number of benzene rings is 1. The molecule has 2 aliphatic rings. The molecular weight excluding hydrogens is 355 g/mol. The van der Waals surface area contributed by atoms with E-state index in [4.69, 9.17) is 26.8 Å². The van der Waals surface area contributed by atoms with Crippen molar-refractivity contribution in [2.75, 3.05) is 19.8 Å². The molecule has 0 aromatic heterocycles. The monoisotopic (exact) mass is 376 g/mol. The van der Waals surface area contributed by atoms with Gasteiger partial charge >= 0.3 is 0 Å². The Kier molecular flexibility index (Phi) is 6.20. The van der Waals surface area contributed by atoms with Crippen molar-refractivity contribution in [1.29, 1.82) is 0 Å². The number of amides is 1. The van der Waals surface area contributed by atoms with Crippen LogP contribution in [0.5, 0.6) is 11.5 Å². The lowest BCUT2D eigenvalue weighted by molar-refractivity contribution is -0.126. The number of nitrogens with one attached hydrogen (secondary N) is 1. The summed E-state index contributed by atoms with van der Waals surface area (Å²) in [4.78, 5) is 12.2. The number of carbonyl (C=O) groups is 1. The minimum atomic E-state index is -0.891. The van der Waals surface area contributed by atoms with Crippen LogP contribution in [-0.2, 0) is 4.79 Å². The highest BCUT2D eigenvalue weighted by Gasteiger charge is 2.37. The smallest absolute Gasteiger partial charge is 0.240 e. The summed E-state index contributed by atoms with van der Waals surface area (Å²) in [5, 5.41) is 13.4. The highest BCUT2D eigenvalue weighted by atomic mass is 35.5. The van der Waals surface area contributed by atoms with Gasteiger partial charge in [-0.25, -0.2) is 0 Å². The summed E-state index contributed by atoms with van der Waals surface area (Å²) >= 11 is 6.16. The number of carbonyl (C=O) groups excluding carboxylic acids is 1. The van der Waals surface area contributed by atoms with Crippen LogP contribution in [-0.4, -0.2) is 36.3 Å². The molecule has 4 N–H and O–H groups in total. The molecule has 6 nitrogen and oxygen atoms in total. The number of nitrogens with two attached hydrogens (primary N) is 1. The molecule has 1 fully saturated rings. The molecule has 0 spiro atoms. The van der Waals surface area contributed by atoms with Crippen LogP contribution >= 0.6 is 24.0 Å². The van der Waals surface area contributed by atoms with Gasteiger partial charge in [-0.15, -0.1) is 12.4 Å². The summed E-state index contributed by atoms with van der Waals surface area (Å²) in [7, 11) is 0. The Morgan fingerprint density at radius 2 is 2.00 bits per heavy atom. The van der Waals surface area contributed by atoms with Crippen molar-refractivity contribution in [3.05, 3.63) is 22.7 Å². The molecule has 24 heavy (non-hydrogen) atoms. The van der Waals surface area contributed by atoms with Gasteiger partial charge < -0.3 is 25.6 Å². The van der Waals surface area contributed by atoms with E-state index in [1.54, 1.807) is 12.1 Å². The van der Waals surface area contributed by atoms with Crippen LogP contribution in [0.15, 0.2) is 12.1 Å². The first-order valence-corrected chi connectivity index (χ1v) is 8.22. The minimum absolute atomic E-state index is 0. The normalized spacial score (nSPS) is 19.3. The second kappa shape index (κ2) is 7.78. The fourth-order valence-electron chi connectivity index (χ4n) is 3.04. The standard InChI is InChI=1S/C16H21ClN2O4.ClH/c17-11-7-10(8-13-14(11)23-6-5-22-13)12(20)9-19-15(21)16(18)3-1-2-4-16;/h7-8,12,20H,1-6,9,18H2,(H,19,21);1H. The Hall–Kier alpha value is -1.21. The van der Waals surface area contributed by atoms with Gasteiger partial charge in [0.15, 0.2) is 11.5 Å². The zero-order valence-electron chi connectivity index (χ0n) is 13.2. The molecule has 1 aliphatic heterocycles. The van der Waals surface area contributed by atoms with Gasteiger partial charge in [-0.05, 0) is 30.5 Å². The molecule has 1 heterocycles. The summed E-state index contributed by atoms with van der Waals surface area (Å²) in [6, 6.07) is 3.31. The SMILES string of the molecule is Cl.NC1(C(=O)NCC(O)c2cc(Cl)c3c(c2)OCCO3)CCCC1. The zero-order chi connectivity index (χ0) is 16.4. The van der Waals surface area contributed by atoms with Crippen LogP contribution in [0.4, 0.5) is 0 Å². The van der Waals surface area contributed by atoms with Crippen LogP contribution in [0.2, 0.25) is 5.02 Å². The van der Waals surface area contributed by atoms with Crippen molar-refractivity contribution < 1.29 is 19.4 Å². The Morgan fingerprint density at radius 3 is 2.71 bits per heavy atom. The summed E-state index contributed by atoms with van der Waals surface area (Å²) in [6.45, 7) is 0.965. The highest BCUT2D eigenvalue weighted by Crippen LogP contribution is 2.39. The van der Waals surface area contributed by atoms with Gasteiger partial charge in [0, 0.05) is 6.54 Å². The van der Waals surface area contributed by atoms with Crippen molar-refractivity contribution in [1.82, 2.24) is 5.32 Å². The average Bonchev–Trinajstić information content (AvgIpc) is 3.00. The Bertz CT molecular complexity index is 606. The van der Waals surface area contributed by atoms with Gasteiger partial charge in [0.25, 0.3) is 0 Å². The third-order valence-electron chi connectivity index (χ3n) is 4.41. The lowest BCUT2D eigenvalue weighted by atomic mass is 9.98. The Labute approximate surface area is 152 Å². The van der Waals surface area contributed by atoms with E-state index in [0.29, 0.717) is 48.1 Å². The summed E-state index contributed by atoms with van der Waals surface area (Å²) in [5.41, 5.74) is 5.86. The van der Waals surface area contributed by atoms with Crippen molar-refractivity contribution in [3.8, 4) is 11.5 Å². The van der Waals surface area contributed by atoms with Crippen LogP contribution < -0.4 is 20.5 Å². The number of hydrogen-bond donors (Lipinski definition) is 3. The summed E-state index contributed by atoms with van der Waals surface area (Å²) in [6.07, 6.45) is 2.40. The predicted octanol–water partition coefficient (Wildman–Crippen LogP) is 1.95. The molecule has 1 unspecified atom stereocenters. The number of halogens is 2. The average molecular weight is 377 g/mol. The Balaban J connectivity index is 0.00000208.